The molecular formula is C12H16ClNO4. The van der Waals surface area contributed by atoms with Gasteiger partial charge in [0.2, 0.25) is 0 Å². The van der Waals surface area contributed by atoms with Gasteiger partial charge in [0.05, 0.1) is 23.5 Å². The second-order valence-corrected chi connectivity index (χ2v) is 4.22. The average Bonchev–Trinajstić information content (AvgIpc) is 2.34. The first kappa shape index (κ1) is 14.7. The second-order valence-electron chi connectivity index (χ2n) is 3.95. The minimum absolute atomic E-state index is 0.0106. The van der Waals surface area contributed by atoms with E-state index < -0.39 is 4.92 Å². The lowest BCUT2D eigenvalue weighted by molar-refractivity contribution is -0.384. The van der Waals surface area contributed by atoms with Gasteiger partial charge in [0.1, 0.15) is 12.4 Å². The molecule has 1 rings (SSSR count). The Kier molecular flexibility index (Phi) is 5.88. The fourth-order valence-corrected chi connectivity index (χ4v) is 1.57. The number of halogens is 1. The highest BCUT2D eigenvalue weighted by Gasteiger charge is 2.11. The van der Waals surface area contributed by atoms with E-state index in [0.717, 1.165) is 0 Å². The first-order valence-electron chi connectivity index (χ1n) is 5.62. The van der Waals surface area contributed by atoms with Crippen LogP contribution in [-0.2, 0) is 10.6 Å². The summed E-state index contributed by atoms with van der Waals surface area (Å²) in [5.41, 5.74) is 0.617. The lowest BCUT2D eigenvalue weighted by Gasteiger charge is -2.11. The van der Waals surface area contributed by atoms with Crippen LogP contribution < -0.4 is 4.74 Å². The number of nitro groups is 1. The van der Waals surface area contributed by atoms with E-state index in [0.29, 0.717) is 24.5 Å². The van der Waals surface area contributed by atoms with Crippen molar-refractivity contribution in [3.05, 3.63) is 33.9 Å². The maximum Gasteiger partial charge on any atom is 0.270 e. The molecule has 0 aromatic heterocycles. The van der Waals surface area contributed by atoms with Crippen LogP contribution in [0.1, 0.15) is 19.4 Å². The fourth-order valence-electron chi connectivity index (χ4n) is 1.36. The molecule has 0 amide bonds. The summed E-state index contributed by atoms with van der Waals surface area (Å²) in [5, 5.41) is 10.6. The van der Waals surface area contributed by atoms with Crippen LogP contribution in [0.4, 0.5) is 5.69 Å². The third kappa shape index (κ3) is 4.50. The largest absolute Gasteiger partial charge is 0.491 e. The molecule has 0 heterocycles. The predicted octanol–water partition coefficient (Wildman–Crippen LogP) is 3.14. The van der Waals surface area contributed by atoms with Crippen molar-refractivity contribution in [3.8, 4) is 5.75 Å². The number of non-ortho nitro benzene ring substituents is 1. The smallest absolute Gasteiger partial charge is 0.270 e. The van der Waals surface area contributed by atoms with Crippen molar-refractivity contribution < 1.29 is 14.4 Å². The van der Waals surface area contributed by atoms with Crippen molar-refractivity contribution in [2.45, 2.75) is 25.8 Å². The Bertz CT molecular complexity index is 409. The Morgan fingerprint density at radius 3 is 2.67 bits per heavy atom. The number of ether oxygens (including phenoxy) is 2. The van der Waals surface area contributed by atoms with Gasteiger partial charge in [-0.25, -0.2) is 0 Å². The molecule has 5 nitrogen and oxygen atoms in total. The average molecular weight is 274 g/mol. The lowest BCUT2D eigenvalue weighted by Crippen LogP contribution is -2.11. The minimum Gasteiger partial charge on any atom is -0.491 e. The van der Waals surface area contributed by atoms with E-state index >= 15 is 0 Å². The first-order valence-corrected chi connectivity index (χ1v) is 6.15. The zero-order chi connectivity index (χ0) is 13.5. The molecule has 0 fully saturated rings. The summed E-state index contributed by atoms with van der Waals surface area (Å²) < 4.78 is 10.8. The van der Waals surface area contributed by atoms with E-state index in [4.69, 9.17) is 21.1 Å². The number of hydrogen-bond acceptors (Lipinski definition) is 4. The van der Waals surface area contributed by atoms with E-state index in [1.165, 1.54) is 12.1 Å². The van der Waals surface area contributed by atoms with Gasteiger partial charge in [-0.05, 0) is 19.9 Å². The zero-order valence-electron chi connectivity index (χ0n) is 10.4. The summed E-state index contributed by atoms with van der Waals surface area (Å²) in [4.78, 5) is 10.2. The summed E-state index contributed by atoms with van der Waals surface area (Å²) in [6.45, 7) is 4.74. The number of nitro benzene ring substituents is 1. The highest BCUT2D eigenvalue weighted by molar-refractivity contribution is 6.17. The van der Waals surface area contributed by atoms with Crippen LogP contribution in [0.25, 0.3) is 0 Å². The molecule has 0 spiro atoms. The molecule has 0 aliphatic heterocycles. The van der Waals surface area contributed by atoms with E-state index in [2.05, 4.69) is 0 Å². The minimum atomic E-state index is -0.457. The van der Waals surface area contributed by atoms with Crippen molar-refractivity contribution in [2.24, 2.45) is 0 Å². The summed E-state index contributed by atoms with van der Waals surface area (Å²) in [6.07, 6.45) is 0.151. The number of rotatable bonds is 7. The van der Waals surface area contributed by atoms with Crippen LogP contribution in [0.3, 0.4) is 0 Å². The van der Waals surface area contributed by atoms with Gasteiger partial charge in [0, 0.05) is 17.7 Å². The highest BCUT2D eigenvalue weighted by atomic mass is 35.5. The van der Waals surface area contributed by atoms with E-state index in [-0.39, 0.29) is 17.7 Å². The quantitative estimate of drug-likeness (QED) is 0.331. The van der Waals surface area contributed by atoms with E-state index in [1.54, 1.807) is 6.07 Å². The Labute approximate surface area is 111 Å². The Balaban J connectivity index is 2.62. The van der Waals surface area contributed by atoms with Crippen LogP contribution in [0, 0.1) is 10.1 Å². The Hall–Kier alpha value is -1.33. The summed E-state index contributed by atoms with van der Waals surface area (Å²) >= 11 is 5.74. The van der Waals surface area contributed by atoms with Crippen LogP contribution in [0.15, 0.2) is 18.2 Å². The van der Waals surface area contributed by atoms with Crippen molar-refractivity contribution in [1.82, 2.24) is 0 Å². The topological polar surface area (TPSA) is 61.6 Å². The summed E-state index contributed by atoms with van der Waals surface area (Å²) in [6, 6.07) is 4.38. The number of benzene rings is 1. The normalized spacial score (nSPS) is 10.7. The molecule has 0 aliphatic carbocycles. The second kappa shape index (κ2) is 7.18. The molecule has 18 heavy (non-hydrogen) atoms. The molecule has 0 N–H and O–H groups in total. The van der Waals surface area contributed by atoms with Gasteiger partial charge in [-0.1, -0.05) is 0 Å². The Morgan fingerprint density at radius 1 is 1.39 bits per heavy atom. The van der Waals surface area contributed by atoms with E-state index in [1.807, 2.05) is 13.8 Å². The third-order valence-corrected chi connectivity index (χ3v) is 2.48. The maximum atomic E-state index is 10.6. The van der Waals surface area contributed by atoms with Crippen LogP contribution in [-0.4, -0.2) is 24.2 Å². The molecule has 0 atom stereocenters. The number of hydrogen-bond donors (Lipinski definition) is 0. The lowest BCUT2D eigenvalue weighted by atomic mass is 10.2. The van der Waals surface area contributed by atoms with Crippen LogP contribution >= 0.6 is 11.6 Å². The van der Waals surface area contributed by atoms with Crippen molar-refractivity contribution in [3.63, 3.8) is 0 Å². The van der Waals surface area contributed by atoms with Gasteiger partial charge in [-0.2, -0.15) is 0 Å². The summed E-state index contributed by atoms with van der Waals surface area (Å²) in [7, 11) is 0. The molecule has 0 radical (unpaired) electrons. The highest BCUT2D eigenvalue weighted by Crippen LogP contribution is 2.25. The molecule has 1 aromatic carbocycles. The molecule has 1 aromatic rings. The SMILES string of the molecule is CC(C)OCCOc1ccc([N+](=O)[O-])cc1CCl. The fraction of sp³-hybridized carbons (Fsp3) is 0.500. The molecule has 0 bridgehead atoms. The molecule has 0 saturated heterocycles. The monoisotopic (exact) mass is 273 g/mol. The first-order chi connectivity index (χ1) is 8.54. The molecule has 0 unspecified atom stereocenters. The van der Waals surface area contributed by atoms with Crippen molar-refractivity contribution in [2.75, 3.05) is 13.2 Å². The molecule has 0 saturated carbocycles. The molecular weight excluding hydrogens is 258 g/mol. The van der Waals surface area contributed by atoms with Gasteiger partial charge in [-0.3, -0.25) is 10.1 Å². The third-order valence-electron chi connectivity index (χ3n) is 2.19. The molecule has 100 valence electrons. The van der Waals surface area contributed by atoms with Crippen molar-refractivity contribution >= 4 is 17.3 Å². The summed E-state index contributed by atoms with van der Waals surface area (Å²) in [5.74, 6) is 0.727. The van der Waals surface area contributed by atoms with Gasteiger partial charge in [0.15, 0.2) is 0 Å². The van der Waals surface area contributed by atoms with Crippen LogP contribution in [0.2, 0.25) is 0 Å². The van der Waals surface area contributed by atoms with E-state index in [9.17, 15) is 10.1 Å². The number of alkyl halides is 1. The number of nitrogens with zero attached hydrogens (tertiary/aromatic N) is 1. The Morgan fingerprint density at radius 2 is 2.11 bits per heavy atom. The van der Waals surface area contributed by atoms with Crippen LogP contribution in [0.5, 0.6) is 5.75 Å². The van der Waals surface area contributed by atoms with Gasteiger partial charge < -0.3 is 9.47 Å². The molecule has 6 heteroatoms. The van der Waals surface area contributed by atoms with Gasteiger partial charge in [0.25, 0.3) is 5.69 Å². The zero-order valence-corrected chi connectivity index (χ0v) is 11.1. The van der Waals surface area contributed by atoms with Gasteiger partial charge >= 0.3 is 0 Å². The van der Waals surface area contributed by atoms with Crippen molar-refractivity contribution in [1.29, 1.82) is 0 Å². The van der Waals surface area contributed by atoms with Gasteiger partial charge in [-0.15, -0.1) is 11.6 Å². The predicted molar refractivity (Wildman–Crippen MR) is 69.2 cm³/mol. The molecule has 0 aliphatic rings. The standard InChI is InChI=1S/C12H16ClNO4/c1-9(2)17-5-6-18-12-4-3-11(14(15)16)7-10(12)8-13/h3-4,7,9H,5-6,8H2,1-2H3. The maximum absolute atomic E-state index is 10.6.